The van der Waals surface area contributed by atoms with Crippen LogP contribution in [0.1, 0.15) is 96.1 Å². The normalized spacial score (nSPS) is 15.0. The number of esters is 1. The number of carbonyl (C=O) groups is 2. The zero-order chi connectivity index (χ0) is 37.0. The standard InChI is InChI=1S/C23H29NO3.C21H25NO3/c1-4-26-23(25)21(13-16(2)3)19-7-8-22(27-15-17-5-6-17)20(14-19)18-9-11-24-12-10-18;1-14(2)11-19(21(23)24)17-5-6-20(25-13-15-3-4-15)18(12-17)16-7-9-22-10-8-16/h7-12,14,16-17,21H,4-6,13,15H2,1-3H3;5-10,12,14-15,19H,3-4,11,13H2,1-2H3,(H,23,24). The molecule has 0 radical (unpaired) electrons. The van der Waals surface area contributed by atoms with Crippen LogP contribution in [0.2, 0.25) is 0 Å². The van der Waals surface area contributed by atoms with Crippen molar-refractivity contribution in [2.45, 2.75) is 85.0 Å². The Morgan fingerprint density at radius 1 is 0.673 bits per heavy atom. The number of carbonyl (C=O) groups excluding carboxylic acids is 1. The summed E-state index contributed by atoms with van der Waals surface area (Å²) in [5.41, 5.74) is 5.80. The maximum Gasteiger partial charge on any atom is 0.313 e. The number of benzene rings is 2. The Labute approximate surface area is 309 Å². The molecule has 0 spiro atoms. The number of hydrogen-bond donors (Lipinski definition) is 1. The summed E-state index contributed by atoms with van der Waals surface area (Å²) in [7, 11) is 0. The van der Waals surface area contributed by atoms with E-state index in [4.69, 9.17) is 14.2 Å². The second-order valence-corrected chi connectivity index (χ2v) is 14.9. The summed E-state index contributed by atoms with van der Waals surface area (Å²) >= 11 is 0. The van der Waals surface area contributed by atoms with E-state index >= 15 is 0 Å². The van der Waals surface area contributed by atoms with Gasteiger partial charge in [-0.2, -0.15) is 0 Å². The van der Waals surface area contributed by atoms with Crippen molar-refractivity contribution in [3.63, 3.8) is 0 Å². The summed E-state index contributed by atoms with van der Waals surface area (Å²) in [5, 5.41) is 9.65. The van der Waals surface area contributed by atoms with E-state index in [-0.39, 0.29) is 11.9 Å². The van der Waals surface area contributed by atoms with Crippen LogP contribution >= 0.6 is 0 Å². The zero-order valence-corrected chi connectivity index (χ0v) is 31.3. The third-order valence-electron chi connectivity index (χ3n) is 9.42. The van der Waals surface area contributed by atoms with Crippen LogP contribution in [0.3, 0.4) is 0 Å². The summed E-state index contributed by atoms with van der Waals surface area (Å²) in [6, 6.07) is 19.7. The molecule has 0 amide bonds. The maximum absolute atomic E-state index is 12.6. The molecule has 2 unspecified atom stereocenters. The van der Waals surface area contributed by atoms with Gasteiger partial charge in [0.15, 0.2) is 0 Å². The Bertz CT molecular complexity index is 1730. The number of aromatic nitrogens is 2. The molecule has 8 heteroatoms. The van der Waals surface area contributed by atoms with E-state index in [9.17, 15) is 14.7 Å². The lowest BCUT2D eigenvalue weighted by atomic mass is 9.88. The summed E-state index contributed by atoms with van der Waals surface area (Å²) in [6.45, 7) is 12.1. The quantitative estimate of drug-likeness (QED) is 0.108. The average molecular weight is 707 g/mol. The van der Waals surface area contributed by atoms with Gasteiger partial charge in [0.1, 0.15) is 11.5 Å². The highest BCUT2D eigenvalue weighted by molar-refractivity contribution is 5.80. The first-order valence-corrected chi connectivity index (χ1v) is 18.9. The van der Waals surface area contributed by atoms with Gasteiger partial charge in [0.2, 0.25) is 0 Å². The topological polar surface area (TPSA) is 108 Å². The van der Waals surface area contributed by atoms with Gasteiger partial charge in [-0.1, -0.05) is 39.8 Å². The van der Waals surface area contributed by atoms with E-state index in [1.807, 2.05) is 75.4 Å². The molecule has 0 aliphatic heterocycles. The Morgan fingerprint density at radius 3 is 1.48 bits per heavy atom. The molecule has 8 nitrogen and oxygen atoms in total. The van der Waals surface area contributed by atoms with E-state index in [0.29, 0.717) is 36.7 Å². The summed E-state index contributed by atoms with van der Waals surface area (Å²) in [5.74, 6) is 2.05. The fourth-order valence-electron chi connectivity index (χ4n) is 6.21. The van der Waals surface area contributed by atoms with Crippen molar-refractivity contribution in [1.29, 1.82) is 0 Å². The van der Waals surface area contributed by atoms with Crippen LogP contribution in [-0.4, -0.2) is 46.8 Å². The molecule has 2 aromatic carbocycles. The highest BCUT2D eigenvalue weighted by atomic mass is 16.5. The number of carboxylic acids is 1. The van der Waals surface area contributed by atoms with E-state index in [1.165, 1.54) is 25.7 Å². The van der Waals surface area contributed by atoms with Crippen molar-refractivity contribution in [2.75, 3.05) is 19.8 Å². The van der Waals surface area contributed by atoms with Crippen LogP contribution in [0.15, 0.2) is 85.5 Å². The number of nitrogens with zero attached hydrogens (tertiary/aromatic N) is 2. The summed E-state index contributed by atoms with van der Waals surface area (Å²) < 4.78 is 17.5. The van der Waals surface area contributed by atoms with Gasteiger partial charge in [-0.3, -0.25) is 19.6 Å². The Kier molecular flexibility index (Phi) is 13.8. The van der Waals surface area contributed by atoms with Gasteiger partial charge in [-0.05, 0) is 140 Å². The van der Waals surface area contributed by atoms with Crippen molar-refractivity contribution < 1.29 is 28.9 Å². The van der Waals surface area contributed by atoms with Crippen LogP contribution in [0, 0.1) is 23.7 Å². The van der Waals surface area contributed by atoms with Crippen molar-refractivity contribution in [3.8, 4) is 33.8 Å². The molecule has 4 aromatic rings. The number of ether oxygens (including phenoxy) is 3. The molecule has 276 valence electrons. The lowest BCUT2D eigenvalue weighted by molar-refractivity contribution is -0.145. The minimum atomic E-state index is -0.777. The van der Waals surface area contributed by atoms with E-state index < -0.39 is 11.9 Å². The minimum Gasteiger partial charge on any atom is -0.493 e. The van der Waals surface area contributed by atoms with Crippen LogP contribution in [0.4, 0.5) is 0 Å². The lowest BCUT2D eigenvalue weighted by Gasteiger charge is -2.20. The Hall–Kier alpha value is -4.72. The molecule has 2 aromatic heterocycles. The van der Waals surface area contributed by atoms with Gasteiger partial charge in [0, 0.05) is 35.9 Å². The fraction of sp³-hybridized carbons (Fsp3) is 0.455. The van der Waals surface area contributed by atoms with Crippen molar-refractivity contribution >= 4 is 11.9 Å². The number of rotatable bonds is 17. The van der Waals surface area contributed by atoms with Gasteiger partial charge in [0.25, 0.3) is 0 Å². The summed E-state index contributed by atoms with van der Waals surface area (Å²) in [6.07, 6.45) is 13.4. The summed E-state index contributed by atoms with van der Waals surface area (Å²) in [4.78, 5) is 32.5. The molecule has 2 fully saturated rings. The largest absolute Gasteiger partial charge is 0.493 e. The maximum atomic E-state index is 12.6. The van der Waals surface area contributed by atoms with Crippen molar-refractivity contribution in [2.24, 2.45) is 23.7 Å². The molecule has 2 aliphatic carbocycles. The Balaban J connectivity index is 0.000000202. The zero-order valence-electron chi connectivity index (χ0n) is 31.3. The number of aliphatic carboxylic acids is 1. The van der Waals surface area contributed by atoms with Gasteiger partial charge < -0.3 is 19.3 Å². The molecule has 2 aliphatic rings. The van der Waals surface area contributed by atoms with Crippen LogP contribution in [0.25, 0.3) is 22.3 Å². The molecule has 52 heavy (non-hydrogen) atoms. The Morgan fingerprint density at radius 2 is 1.10 bits per heavy atom. The average Bonchev–Trinajstić information content (AvgIpc) is 4.09. The third kappa shape index (κ3) is 11.4. The van der Waals surface area contributed by atoms with Crippen molar-refractivity contribution in [1.82, 2.24) is 9.97 Å². The number of carboxylic acid groups (broad SMARTS) is 1. The van der Waals surface area contributed by atoms with Crippen LogP contribution < -0.4 is 9.47 Å². The van der Waals surface area contributed by atoms with E-state index in [0.717, 1.165) is 64.5 Å². The minimum absolute atomic E-state index is 0.154. The molecular weight excluding hydrogens is 652 g/mol. The van der Waals surface area contributed by atoms with Gasteiger partial charge in [0.05, 0.1) is 31.7 Å². The SMILES string of the molecule is CC(C)CC(C(=O)O)c1ccc(OCC2CC2)c(-c2ccncc2)c1.CCOC(=O)C(CC(C)C)c1ccc(OCC2CC2)c(-c2ccncc2)c1. The second kappa shape index (κ2) is 18.7. The van der Waals surface area contributed by atoms with E-state index in [2.05, 4.69) is 29.9 Å². The first-order valence-electron chi connectivity index (χ1n) is 18.9. The molecule has 0 bridgehead atoms. The molecule has 1 N–H and O–H groups in total. The second-order valence-electron chi connectivity index (χ2n) is 14.9. The molecule has 2 heterocycles. The monoisotopic (exact) mass is 706 g/mol. The molecule has 6 rings (SSSR count). The molecule has 2 saturated carbocycles. The smallest absolute Gasteiger partial charge is 0.313 e. The molecule has 0 saturated heterocycles. The fourth-order valence-corrected chi connectivity index (χ4v) is 6.21. The highest BCUT2D eigenvalue weighted by Crippen LogP contribution is 2.38. The number of hydrogen-bond acceptors (Lipinski definition) is 7. The third-order valence-corrected chi connectivity index (χ3v) is 9.42. The first kappa shape index (κ1) is 38.5. The molecular formula is C44H54N2O6. The van der Waals surface area contributed by atoms with Gasteiger partial charge >= 0.3 is 11.9 Å². The molecule has 2 atom stereocenters. The predicted molar refractivity (Wildman–Crippen MR) is 204 cm³/mol. The lowest BCUT2D eigenvalue weighted by Crippen LogP contribution is -2.18. The van der Waals surface area contributed by atoms with Crippen molar-refractivity contribution in [3.05, 3.63) is 96.6 Å². The number of pyridine rings is 2. The van der Waals surface area contributed by atoms with Crippen LogP contribution in [-0.2, 0) is 14.3 Å². The van der Waals surface area contributed by atoms with Crippen LogP contribution in [0.5, 0.6) is 11.5 Å². The first-order chi connectivity index (χ1) is 25.1. The van der Waals surface area contributed by atoms with E-state index in [1.54, 1.807) is 24.8 Å². The van der Waals surface area contributed by atoms with Gasteiger partial charge in [-0.25, -0.2) is 0 Å². The van der Waals surface area contributed by atoms with Gasteiger partial charge in [-0.15, -0.1) is 0 Å². The highest BCUT2D eigenvalue weighted by Gasteiger charge is 2.27. The predicted octanol–water partition coefficient (Wildman–Crippen LogP) is 9.98.